The topological polar surface area (TPSA) is 59.9 Å². The van der Waals surface area contributed by atoms with Crippen molar-refractivity contribution in [1.29, 1.82) is 0 Å². The summed E-state index contributed by atoms with van der Waals surface area (Å²) in [4.78, 5) is 12.8. The second-order valence-electron chi connectivity index (χ2n) is 3.65. The summed E-state index contributed by atoms with van der Waals surface area (Å²) in [7, 11) is 0. The van der Waals surface area contributed by atoms with Gasteiger partial charge in [-0.1, -0.05) is 6.07 Å². The van der Waals surface area contributed by atoms with Crippen LogP contribution in [0.2, 0.25) is 0 Å². The highest BCUT2D eigenvalue weighted by Crippen LogP contribution is 2.15. The largest absolute Gasteiger partial charge is 0.371 e. The molecule has 0 saturated carbocycles. The van der Waals surface area contributed by atoms with Crippen LogP contribution in [0.5, 0.6) is 0 Å². The molecule has 0 bridgehead atoms. The molecule has 1 atom stereocenters. The first-order valence-corrected chi connectivity index (χ1v) is 6.39. The monoisotopic (exact) mass is 253 g/mol. The van der Waals surface area contributed by atoms with E-state index in [-0.39, 0.29) is 11.8 Å². The van der Waals surface area contributed by atoms with Gasteiger partial charge in [-0.15, -0.1) is 11.3 Å². The lowest BCUT2D eigenvalue weighted by atomic mass is 10.3. The Bertz CT molecular complexity index is 515. The lowest BCUT2D eigenvalue weighted by molar-refractivity contribution is 0.0673. The maximum Gasteiger partial charge on any atom is 0.343 e. The van der Waals surface area contributed by atoms with Crippen LogP contribution >= 0.6 is 11.3 Å². The smallest absolute Gasteiger partial charge is 0.343 e. The fourth-order valence-corrected chi connectivity index (χ4v) is 2.37. The zero-order chi connectivity index (χ0) is 12.3. The maximum atomic E-state index is 11.7. The van der Waals surface area contributed by atoms with E-state index >= 15 is 0 Å². The van der Waals surface area contributed by atoms with Crippen LogP contribution in [0.1, 0.15) is 30.7 Å². The molecule has 2 aromatic heterocycles. The molecule has 0 amide bonds. The van der Waals surface area contributed by atoms with Gasteiger partial charge in [0.25, 0.3) is 0 Å². The van der Waals surface area contributed by atoms with Gasteiger partial charge < -0.3 is 4.74 Å². The zero-order valence-electron chi connectivity index (χ0n) is 9.84. The van der Waals surface area contributed by atoms with Crippen LogP contribution in [0.15, 0.2) is 22.3 Å². The van der Waals surface area contributed by atoms with E-state index in [1.165, 1.54) is 0 Å². The number of aromatic amines is 1. The third kappa shape index (κ3) is 2.65. The highest BCUT2D eigenvalue weighted by atomic mass is 32.1. The van der Waals surface area contributed by atoms with Crippen LogP contribution in [0, 0.1) is 0 Å². The molecule has 0 aliphatic carbocycles. The van der Waals surface area contributed by atoms with Crippen LogP contribution in [-0.4, -0.2) is 21.4 Å². The number of ether oxygens (including phenoxy) is 1. The van der Waals surface area contributed by atoms with Gasteiger partial charge in [0, 0.05) is 11.5 Å². The molecule has 0 spiro atoms. The number of hydrogen-bond donors (Lipinski definition) is 1. The summed E-state index contributed by atoms with van der Waals surface area (Å²) in [6.07, 6.45) is -0.182. The van der Waals surface area contributed by atoms with E-state index in [4.69, 9.17) is 4.74 Å². The molecule has 0 radical (unpaired) electrons. The second kappa shape index (κ2) is 5.29. The van der Waals surface area contributed by atoms with E-state index in [0.29, 0.717) is 19.0 Å². The Labute approximate surface area is 103 Å². The van der Waals surface area contributed by atoms with Gasteiger partial charge >= 0.3 is 5.69 Å². The van der Waals surface area contributed by atoms with Crippen LogP contribution in [0.3, 0.4) is 0 Å². The molecule has 92 valence electrons. The highest BCUT2D eigenvalue weighted by Gasteiger charge is 2.15. The first-order chi connectivity index (χ1) is 8.22. The number of thiophene rings is 1. The summed E-state index contributed by atoms with van der Waals surface area (Å²) in [5, 5.41) is 8.48. The van der Waals surface area contributed by atoms with Gasteiger partial charge in [-0.3, -0.25) is 4.57 Å². The normalized spacial score (nSPS) is 12.8. The molecule has 0 aliphatic rings. The Morgan fingerprint density at radius 1 is 1.65 bits per heavy atom. The SMILES string of the molecule is CCO[C@@H](C)c1n[nH]c(=O)n1Cc1cccs1. The minimum atomic E-state index is -0.194. The lowest BCUT2D eigenvalue weighted by Crippen LogP contribution is -2.20. The van der Waals surface area contributed by atoms with Gasteiger partial charge in [0.1, 0.15) is 6.10 Å². The van der Waals surface area contributed by atoms with E-state index in [9.17, 15) is 4.79 Å². The number of nitrogens with one attached hydrogen (secondary N) is 1. The van der Waals surface area contributed by atoms with Gasteiger partial charge in [-0.05, 0) is 25.3 Å². The summed E-state index contributed by atoms with van der Waals surface area (Å²) < 4.78 is 7.08. The Kier molecular flexibility index (Phi) is 3.75. The fourth-order valence-electron chi connectivity index (χ4n) is 1.68. The molecule has 2 aromatic rings. The molecule has 0 unspecified atom stereocenters. The van der Waals surface area contributed by atoms with Crippen molar-refractivity contribution in [2.75, 3.05) is 6.61 Å². The van der Waals surface area contributed by atoms with E-state index in [1.54, 1.807) is 15.9 Å². The third-order valence-corrected chi connectivity index (χ3v) is 3.32. The number of rotatable bonds is 5. The first kappa shape index (κ1) is 12.1. The predicted molar refractivity (Wildman–Crippen MR) is 66.3 cm³/mol. The highest BCUT2D eigenvalue weighted by molar-refractivity contribution is 7.09. The third-order valence-electron chi connectivity index (χ3n) is 2.46. The van der Waals surface area contributed by atoms with Gasteiger partial charge in [-0.2, -0.15) is 5.10 Å². The molecule has 5 nitrogen and oxygen atoms in total. The van der Waals surface area contributed by atoms with Crippen LogP contribution < -0.4 is 5.69 Å². The van der Waals surface area contributed by atoms with Gasteiger partial charge in [0.05, 0.1) is 6.54 Å². The van der Waals surface area contributed by atoms with Gasteiger partial charge in [0.15, 0.2) is 5.82 Å². The van der Waals surface area contributed by atoms with Crippen molar-refractivity contribution < 1.29 is 4.74 Å². The molecule has 2 rings (SSSR count). The molecule has 0 aliphatic heterocycles. The average Bonchev–Trinajstić information content (AvgIpc) is 2.91. The Hall–Kier alpha value is -1.40. The second-order valence-corrected chi connectivity index (χ2v) is 4.68. The summed E-state index contributed by atoms with van der Waals surface area (Å²) in [5.74, 6) is 0.644. The van der Waals surface area contributed by atoms with Crippen LogP contribution in [0.25, 0.3) is 0 Å². The average molecular weight is 253 g/mol. The molecular formula is C11H15N3O2S. The molecule has 17 heavy (non-hydrogen) atoms. The van der Waals surface area contributed by atoms with Crippen molar-refractivity contribution in [3.05, 3.63) is 38.7 Å². The van der Waals surface area contributed by atoms with Crippen molar-refractivity contribution in [1.82, 2.24) is 14.8 Å². The summed E-state index contributed by atoms with van der Waals surface area (Å²) in [6.45, 7) is 4.95. The van der Waals surface area contributed by atoms with E-state index in [1.807, 2.05) is 31.4 Å². The minimum absolute atomic E-state index is 0.182. The van der Waals surface area contributed by atoms with E-state index in [2.05, 4.69) is 10.2 Å². The fraction of sp³-hybridized carbons (Fsp3) is 0.455. The molecule has 1 N–H and O–H groups in total. The molecular weight excluding hydrogens is 238 g/mol. The van der Waals surface area contributed by atoms with Crippen molar-refractivity contribution in [3.8, 4) is 0 Å². The molecule has 0 saturated heterocycles. The predicted octanol–water partition coefficient (Wildman–Crippen LogP) is 1.78. The Morgan fingerprint density at radius 3 is 3.12 bits per heavy atom. The van der Waals surface area contributed by atoms with Crippen molar-refractivity contribution >= 4 is 11.3 Å². The minimum Gasteiger partial charge on any atom is -0.371 e. The maximum absolute atomic E-state index is 11.7. The Balaban J connectivity index is 2.26. The number of aromatic nitrogens is 3. The van der Waals surface area contributed by atoms with Crippen molar-refractivity contribution in [3.63, 3.8) is 0 Å². The number of H-pyrrole nitrogens is 1. The van der Waals surface area contributed by atoms with Gasteiger partial charge in [-0.25, -0.2) is 9.89 Å². The molecule has 2 heterocycles. The summed E-state index contributed by atoms with van der Waals surface area (Å²) in [5.41, 5.74) is -0.194. The van der Waals surface area contributed by atoms with Crippen molar-refractivity contribution in [2.24, 2.45) is 0 Å². The van der Waals surface area contributed by atoms with Crippen LogP contribution in [-0.2, 0) is 11.3 Å². The Morgan fingerprint density at radius 2 is 2.47 bits per heavy atom. The molecule has 0 fully saturated rings. The van der Waals surface area contributed by atoms with Crippen LogP contribution in [0.4, 0.5) is 0 Å². The zero-order valence-corrected chi connectivity index (χ0v) is 10.7. The van der Waals surface area contributed by atoms with Gasteiger partial charge in [0.2, 0.25) is 0 Å². The van der Waals surface area contributed by atoms with E-state index < -0.39 is 0 Å². The number of nitrogens with zero attached hydrogens (tertiary/aromatic N) is 2. The molecule has 0 aromatic carbocycles. The summed E-state index contributed by atoms with van der Waals surface area (Å²) in [6, 6.07) is 3.97. The quantitative estimate of drug-likeness (QED) is 0.883. The van der Waals surface area contributed by atoms with Crippen molar-refractivity contribution in [2.45, 2.75) is 26.5 Å². The lowest BCUT2D eigenvalue weighted by Gasteiger charge is -2.11. The number of hydrogen-bond acceptors (Lipinski definition) is 4. The first-order valence-electron chi connectivity index (χ1n) is 5.51. The standard InChI is InChI=1S/C11H15N3O2S/c1-3-16-8(2)10-12-13-11(15)14(10)7-9-5-4-6-17-9/h4-6,8H,3,7H2,1-2H3,(H,13,15)/t8-/m0/s1. The van der Waals surface area contributed by atoms with E-state index in [0.717, 1.165) is 4.88 Å². The molecule has 6 heteroatoms. The summed E-state index contributed by atoms with van der Waals surface area (Å²) >= 11 is 1.62.